The summed E-state index contributed by atoms with van der Waals surface area (Å²) in [5.41, 5.74) is -0.823. The zero-order valence-corrected chi connectivity index (χ0v) is 16.8. The number of halogens is 2. The molecule has 3 heterocycles. The summed E-state index contributed by atoms with van der Waals surface area (Å²) in [4.78, 5) is 40.2. The van der Waals surface area contributed by atoms with E-state index in [9.17, 15) is 23.2 Å². The molecule has 0 aliphatic carbocycles. The van der Waals surface area contributed by atoms with Gasteiger partial charge in [-0.05, 0) is 19.4 Å². The number of hydrogen-bond donors (Lipinski definition) is 1. The van der Waals surface area contributed by atoms with Crippen LogP contribution >= 0.6 is 0 Å². The van der Waals surface area contributed by atoms with Crippen LogP contribution in [0.2, 0.25) is 0 Å². The number of hydrogen-bond acceptors (Lipinski definition) is 5. The van der Waals surface area contributed by atoms with Gasteiger partial charge in [-0.2, -0.15) is 0 Å². The van der Waals surface area contributed by atoms with Crippen molar-refractivity contribution in [2.75, 3.05) is 19.8 Å². The van der Waals surface area contributed by atoms with E-state index in [1.165, 1.54) is 16.8 Å². The highest BCUT2D eigenvalue weighted by Crippen LogP contribution is 2.27. The number of aromatic nitrogens is 1. The van der Waals surface area contributed by atoms with Crippen molar-refractivity contribution < 1.29 is 27.8 Å². The Kier molecular flexibility index (Phi) is 5.73. The number of carbonyl (C=O) groups is 2. The summed E-state index contributed by atoms with van der Waals surface area (Å²) in [6.07, 6.45) is 1.50. The Hall–Kier alpha value is -3.27. The van der Waals surface area contributed by atoms with Crippen LogP contribution < -0.4 is 15.5 Å². The minimum atomic E-state index is -0.808. The molecule has 2 aliphatic rings. The van der Waals surface area contributed by atoms with E-state index >= 15 is 0 Å². The number of amides is 2. The molecule has 0 radical (unpaired) electrons. The van der Waals surface area contributed by atoms with Gasteiger partial charge in [-0.15, -0.1) is 0 Å². The maximum atomic E-state index is 13.8. The highest BCUT2D eigenvalue weighted by molar-refractivity contribution is 5.99. The Morgan fingerprint density at radius 3 is 2.87 bits per heavy atom. The Morgan fingerprint density at radius 2 is 2.13 bits per heavy atom. The fourth-order valence-electron chi connectivity index (χ4n) is 3.76. The van der Waals surface area contributed by atoms with E-state index in [4.69, 9.17) is 9.47 Å². The van der Waals surface area contributed by atoms with Crippen LogP contribution in [0.1, 0.15) is 39.8 Å². The van der Waals surface area contributed by atoms with E-state index in [1.54, 1.807) is 11.8 Å². The maximum Gasteiger partial charge on any atom is 0.276 e. The van der Waals surface area contributed by atoms with Crippen LogP contribution in [0.4, 0.5) is 8.78 Å². The SMILES string of the molecule is CCOc1c2n(cc(C(=O)NCc3ccc(F)cc3F)c1=O)C[C@@H]1OCCCN1C2=O. The quantitative estimate of drug-likeness (QED) is 0.775. The first-order valence-electron chi connectivity index (χ1n) is 9.95. The van der Waals surface area contributed by atoms with E-state index in [-0.39, 0.29) is 42.3 Å². The Labute approximate surface area is 176 Å². The third-order valence-electron chi connectivity index (χ3n) is 5.24. The van der Waals surface area contributed by atoms with Crippen molar-refractivity contribution >= 4 is 11.8 Å². The molecule has 164 valence electrons. The number of pyridine rings is 1. The van der Waals surface area contributed by atoms with Crippen molar-refractivity contribution in [2.45, 2.75) is 32.7 Å². The summed E-state index contributed by atoms with van der Waals surface area (Å²) in [7, 11) is 0. The zero-order valence-electron chi connectivity index (χ0n) is 16.8. The Bertz CT molecular complexity index is 1100. The fraction of sp³-hybridized carbons (Fsp3) is 0.381. The Morgan fingerprint density at radius 1 is 1.32 bits per heavy atom. The van der Waals surface area contributed by atoms with E-state index in [2.05, 4.69) is 5.32 Å². The first-order valence-corrected chi connectivity index (χ1v) is 9.95. The van der Waals surface area contributed by atoms with Gasteiger partial charge < -0.3 is 24.3 Å². The van der Waals surface area contributed by atoms with Gasteiger partial charge >= 0.3 is 0 Å². The lowest BCUT2D eigenvalue weighted by Gasteiger charge is -2.40. The molecule has 2 amide bonds. The molecule has 0 spiro atoms. The largest absolute Gasteiger partial charge is 0.488 e. The van der Waals surface area contributed by atoms with Crippen molar-refractivity contribution in [1.82, 2.24) is 14.8 Å². The van der Waals surface area contributed by atoms with E-state index in [0.29, 0.717) is 25.6 Å². The van der Waals surface area contributed by atoms with Gasteiger partial charge in [0.2, 0.25) is 5.43 Å². The summed E-state index contributed by atoms with van der Waals surface area (Å²) < 4.78 is 39.5. The van der Waals surface area contributed by atoms with E-state index in [0.717, 1.165) is 6.07 Å². The summed E-state index contributed by atoms with van der Waals surface area (Å²) >= 11 is 0. The molecule has 1 aromatic carbocycles. The lowest BCUT2D eigenvalue weighted by molar-refractivity contribution is -0.0920. The predicted molar refractivity (Wildman–Crippen MR) is 105 cm³/mol. The van der Waals surface area contributed by atoms with Crippen molar-refractivity contribution in [3.05, 3.63) is 63.1 Å². The maximum absolute atomic E-state index is 13.8. The van der Waals surface area contributed by atoms with E-state index < -0.39 is 35.1 Å². The normalized spacial score (nSPS) is 17.7. The molecule has 0 saturated carbocycles. The van der Waals surface area contributed by atoms with Crippen molar-refractivity contribution in [2.24, 2.45) is 0 Å². The molecule has 1 atom stereocenters. The molecule has 1 saturated heterocycles. The molecule has 4 rings (SSSR count). The second-order valence-electron chi connectivity index (χ2n) is 7.23. The van der Waals surface area contributed by atoms with Crippen LogP contribution in [0.15, 0.2) is 29.2 Å². The van der Waals surface area contributed by atoms with Crippen LogP contribution in [0.3, 0.4) is 0 Å². The molecule has 1 fully saturated rings. The number of ether oxygens (including phenoxy) is 2. The van der Waals surface area contributed by atoms with Gasteiger partial charge in [-0.25, -0.2) is 8.78 Å². The van der Waals surface area contributed by atoms with Crippen molar-refractivity contribution in [3.63, 3.8) is 0 Å². The number of nitrogens with one attached hydrogen (secondary N) is 1. The third kappa shape index (κ3) is 3.90. The van der Waals surface area contributed by atoms with Gasteiger partial charge in [0.15, 0.2) is 17.7 Å². The molecular formula is C21H21F2N3O5. The molecule has 0 unspecified atom stereocenters. The molecule has 1 N–H and O–H groups in total. The summed E-state index contributed by atoms with van der Waals surface area (Å²) in [5, 5.41) is 2.46. The minimum Gasteiger partial charge on any atom is -0.488 e. The monoisotopic (exact) mass is 433 g/mol. The number of carbonyl (C=O) groups excluding carboxylic acids is 2. The number of benzene rings is 1. The van der Waals surface area contributed by atoms with Crippen LogP contribution in [-0.2, 0) is 17.8 Å². The lowest BCUT2D eigenvalue weighted by Crippen LogP contribution is -2.53. The number of fused-ring (bicyclic) bond motifs is 2. The predicted octanol–water partition coefficient (Wildman–Crippen LogP) is 1.66. The second-order valence-corrected chi connectivity index (χ2v) is 7.23. The molecule has 0 bridgehead atoms. The second kappa shape index (κ2) is 8.46. The lowest BCUT2D eigenvalue weighted by atomic mass is 10.1. The van der Waals surface area contributed by atoms with Crippen molar-refractivity contribution in [3.8, 4) is 5.75 Å². The Balaban J connectivity index is 1.67. The summed E-state index contributed by atoms with van der Waals surface area (Å²) in [6, 6.07) is 3.00. The molecule has 2 aromatic rings. The zero-order chi connectivity index (χ0) is 22.1. The molecule has 1 aromatic heterocycles. The molecular weight excluding hydrogens is 412 g/mol. The van der Waals surface area contributed by atoms with Crippen molar-refractivity contribution in [1.29, 1.82) is 0 Å². The summed E-state index contributed by atoms with van der Waals surface area (Å²) in [5.74, 6) is -2.89. The van der Waals surface area contributed by atoms with Gasteiger partial charge in [0.1, 0.15) is 17.2 Å². The average molecular weight is 433 g/mol. The van der Waals surface area contributed by atoms with Gasteiger partial charge in [0.05, 0.1) is 19.8 Å². The standard InChI is InChI=1S/C21H21F2N3O5/c1-2-30-19-17-21(29)26-6-3-7-31-16(26)11-25(17)10-14(18(19)27)20(28)24-9-12-4-5-13(22)8-15(12)23/h4-5,8,10,16H,2-3,6-7,9,11H2,1H3,(H,24,28)/t16-/m0/s1. The van der Waals surface area contributed by atoms with Gasteiger partial charge in [-0.1, -0.05) is 6.07 Å². The number of nitrogens with zero attached hydrogens (tertiary/aromatic N) is 2. The topological polar surface area (TPSA) is 89.9 Å². The third-order valence-corrected chi connectivity index (χ3v) is 5.24. The van der Waals surface area contributed by atoms with Crippen LogP contribution in [-0.4, -0.2) is 47.3 Å². The molecule has 31 heavy (non-hydrogen) atoms. The smallest absolute Gasteiger partial charge is 0.276 e. The first-order chi connectivity index (χ1) is 14.9. The first kappa shape index (κ1) is 21.0. The molecule has 10 heteroatoms. The highest BCUT2D eigenvalue weighted by atomic mass is 19.1. The molecule has 8 nitrogen and oxygen atoms in total. The summed E-state index contributed by atoms with van der Waals surface area (Å²) in [6.45, 7) is 2.82. The number of rotatable bonds is 5. The van der Waals surface area contributed by atoms with Gasteiger partial charge in [0, 0.05) is 30.9 Å². The van der Waals surface area contributed by atoms with Crippen LogP contribution in [0, 0.1) is 11.6 Å². The van der Waals surface area contributed by atoms with Crippen LogP contribution in [0.5, 0.6) is 5.75 Å². The van der Waals surface area contributed by atoms with E-state index in [1.807, 2.05) is 0 Å². The van der Waals surface area contributed by atoms with Crippen LogP contribution in [0.25, 0.3) is 0 Å². The fourth-order valence-corrected chi connectivity index (χ4v) is 3.76. The van der Waals surface area contributed by atoms with Gasteiger partial charge in [0.25, 0.3) is 11.8 Å². The van der Waals surface area contributed by atoms with Gasteiger partial charge in [-0.3, -0.25) is 14.4 Å². The average Bonchev–Trinajstić information content (AvgIpc) is 2.75. The molecule has 2 aliphatic heterocycles. The minimum absolute atomic E-state index is 0.0688. The highest BCUT2D eigenvalue weighted by Gasteiger charge is 2.38.